The predicted octanol–water partition coefficient (Wildman–Crippen LogP) is 2.72. The summed E-state index contributed by atoms with van der Waals surface area (Å²) in [4.78, 5) is 11.5. The minimum Gasteiger partial charge on any atom is -0.338 e. The van der Waals surface area contributed by atoms with Gasteiger partial charge in [0.2, 0.25) is 0 Å². The van der Waals surface area contributed by atoms with E-state index < -0.39 is 0 Å². The Balaban J connectivity index is 2.20. The summed E-state index contributed by atoms with van der Waals surface area (Å²) in [6.07, 6.45) is 2.82. The second-order valence-electron chi connectivity index (χ2n) is 4.15. The van der Waals surface area contributed by atoms with E-state index >= 15 is 0 Å². The molecule has 3 heteroatoms. The molecule has 0 unspecified atom stereocenters. The first-order valence-electron chi connectivity index (χ1n) is 6.34. The second-order valence-corrected chi connectivity index (χ2v) is 4.15. The van der Waals surface area contributed by atoms with Crippen LogP contribution < -0.4 is 10.6 Å². The molecule has 3 nitrogen and oxygen atoms in total. The molecule has 0 saturated carbocycles. The maximum atomic E-state index is 11.5. The van der Waals surface area contributed by atoms with Crippen molar-refractivity contribution >= 4 is 6.03 Å². The third kappa shape index (κ3) is 5.38. The van der Waals surface area contributed by atoms with Gasteiger partial charge in [0.05, 0.1) is 0 Å². The van der Waals surface area contributed by atoms with E-state index in [1.54, 1.807) is 0 Å². The van der Waals surface area contributed by atoms with Crippen LogP contribution in [0, 0.1) is 0 Å². The van der Waals surface area contributed by atoms with Crippen LogP contribution in [0.2, 0.25) is 0 Å². The Hall–Kier alpha value is -1.51. The van der Waals surface area contributed by atoms with Crippen LogP contribution in [-0.4, -0.2) is 18.6 Å². The van der Waals surface area contributed by atoms with Crippen molar-refractivity contribution < 1.29 is 4.79 Å². The maximum Gasteiger partial charge on any atom is 0.315 e. The van der Waals surface area contributed by atoms with Gasteiger partial charge in [-0.05, 0) is 24.8 Å². The van der Waals surface area contributed by atoms with Gasteiger partial charge in [0.15, 0.2) is 0 Å². The summed E-state index contributed by atoms with van der Waals surface area (Å²) in [6.45, 7) is 4.84. The van der Waals surface area contributed by atoms with Crippen molar-refractivity contribution in [1.29, 1.82) is 0 Å². The van der Waals surface area contributed by atoms with Crippen molar-refractivity contribution in [3.63, 3.8) is 0 Å². The van der Waals surface area contributed by atoms with Crippen molar-refractivity contribution in [3.05, 3.63) is 35.9 Å². The quantitative estimate of drug-likeness (QED) is 0.780. The Kier molecular flexibility index (Phi) is 6.15. The standard InChI is InChI=1S/C14H22N2O/c1-3-13(4-2)16-14(17)15-11-10-12-8-6-5-7-9-12/h5-9,13H,3-4,10-11H2,1-2H3,(H2,15,16,17). The van der Waals surface area contributed by atoms with Gasteiger partial charge in [0.1, 0.15) is 0 Å². The average molecular weight is 234 g/mol. The number of rotatable bonds is 6. The molecule has 0 aromatic heterocycles. The number of urea groups is 1. The number of benzene rings is 1. The highest BCUT2D eigenvalue weighted by Gasteiger charge is 2.06. The molecule has 1 rings (SSSR count). The van der Waals surface area contributed by atoms with Gasteiger partial charge >= 0.3 is 6.03 Å². The van der Waals surface area contributed by atoms with Crippen LogP contribution in [0.4, 0.5) is 4.79 Å². The van der Waals surface area contributed by atoms with Gasteiger partial charge in [-0.3, -0.25) is 0 Å². The van der Waals surface area contributed by atoms with Gasteiger partial charge in [-0.2, -0.15) is 0 Å². The first-order chi connectivity index (χ1) is 8.26. The highest BCUT2D eigenvalue weighted by molar-refractivity contribution is 5.74. The third-order valence-corrected chi connectivity index (χ3v) is 2.86. The van der Waals surface area contributed by atoms with Crippen LogP contribution in [0.1, 0.15) is 32.3 Å². The van der Waals surface area contributed by atoms with E-state index in [-0.39, 0.29) is 12.1 Å². The fourth-order valence-electron chi connectivity index (χ4n) is 1.69. The first kappa shape index (κ1) is 13.6. The Bertz CT molecular complexity index is 320. The van der Waals surface area contributed by atoms with E-state index in [0.717, 1.165) is 19.3 Å². The smallest absolute Gasteiger partial charge is 0.315 e. The van der Waals surface area contributed by atoms with Gasteiger partial charge < -0.3 is 10.6 Å². The fraction of sp³-hybridized carbons (Fsp3) is 0.500. The van der Waals surface area contributed by atoms with Gasteiger partial charge in [0, 0.05) is 12.6 Å². The van der Waals surface area contributed by atoms with Crippen LogP contribution in [0.25, 0.3) is 0 Å². The lowest BCUT2D eigenvalue weighted by atomic mass is 10.1. The molecule has 1 aromatic rings. The molecule has 0 spiro atoms. The lowest BCUT2D eigenvalue weighted by Crippen LogP contribution is -2.42. The van der Waals surface area contributed by atoms with E-state index in [1.165, 1.54) is 5.56 Å². The molecular weight excluding hydrogens is 212 g/mol. The molecule has 0 radical (unpaired) electrons. The van der Waals surface area contributed by atoms with Crippen LogP contribution in [0.15, 0.2) is 30.3 Å². The molecule has 0 fully saturated rings. The van der Waals surface area contributed by atoms with Crippen LogP contribution in [-0.2, 0) is 6.42 Å². The Morgan fingerprint density at radius 3 is 2.41 bits per heavy atom. The summed E-state index contributed by atoms with van der Waals surface area (Å²) in [5.41, 5.74) is 1.25. The van der Waals surface area contributed by atoms with Gasteiger partial charge in [-0.25, -0.2) is 4.79 Å². The SMILES string of the molecule is CCC(CC)NC(=O)NCCc1ccccc1. The molecule has 0 atom stereocenters. The number of carbonyl (C=O) groups is 1. The Morgan fingerprint density at radius 1 is 1.18 bits per heavy atom. The lowest BCUT2D eigenvalue weighted by molar-refractivity contribution is 0.236. The molecule has 0 heterocycles. The number of nitrogens with one attached hydrogen (secondary N) is 2. The molecule has 0 saturated heterocycles. The minimum atomic E-state index is -0.0605. The molecule has 2 N–H and O–H groups in total. The van der Waals surface area contributed by atoms with Gasteiger partial charge in [-0.15, -0.1) is 0 Å². The van der Waals surface area contributed by atoms with Crippen molar-refractivity contribution in [2.75, 3.05) is 6.54 Å². The summed E-state index contributed by atoms with van der Waals surface area (Å²) < 4.78 is 0. The highest BCUT2D eigenvalue weighted by atomic mass is 16.2. The Labute approximate surface area is 104 Å². The summed E-state index contributed by atoms with van der Waals surface area (Å²) in [5.74, 6) is 0. The molecule has 17 heavy (non-hydrogen) atoms. The summed E-state index contributed by atoms with van der Waals surface area (Å²) in [7, 11) is 0. The zero-order valence-electron chi connectivity index (χ0n) is 10.7. The molecule has 2 amide bonds. The highest BCUT2D eigenvalue weighted by Crippen LogP contribution is 1.98. The molecule has 94 valence electrons. The van der Waals surface area contributed by atoms with Crippen molar-refractivity contribution in [2.45, 2.75) is 39.2 Å². The summed E-state index contributed by atoms with van der Waals surface area (Å²) in [5, 5.41) is 5.83. The van der Waals surface area contributed by atoms with E-state index in [2.05, 4.69) is 36.6 Å². The summed E-state index contributed by atoms with van der Waals surface area (Å²) >= 11 is 0. The Morgan fingerprint density at radius 2 is 1.82 bits per heavy atom. The lowest BCUT2D eigenvalue weighted by Gasteiger charge is -2.15. The number of amides is 2. The van der Waals surface area contributed by atoms with E-state index in [4.69, 9.17) is 0 Å². The zero-order chi connectivity index (χ0) is 12.5. The molecule has 0 bridgehead atoms. The van der Waals surface area contributed by atoms with Crippen molar-refractivity contribution in [3.8, 4) is 0 Å². The first-order valence-corrected chi connectivity index (χ1v) is 6.34. The average Bonchev–Trinajstić information content (AvgIpc) is 2.37. The van der Waals surface area contributed by atoms with Crippen LogP contribution >= 0.6 is 0 Å². The molecular formula is C14H22N2O. The normalized spacial score (nSPS) is 10.3. The van der Waals surface area contributed by atoms with E-state index in [9.17, 15) is 4.79 Å². The number of hydrogen-bond donors (Lipinski definition) is 2. The largest absolute Gasteiger partial charge is 0.338 e. The van der Waals surface area contributed by atoms with Crippen LogP contribution in [0.3, 0.4) is 0 Å². The number of hydrogen-bond acceptors (Lipinski definition) is 1. The monoisotopic (exact) mass is 234 g/mol. The third-order valence-electron chi connectivity index (χ3n) is 2.86. The fourth-order valence-corrected chi connectivity index (χ4v) is 1.69. The molecule has 0 aliphatic rings. The molecule has 0 aliphatic carbocycles. The topological polar surface area (TPSA) is 41.1 Å². The second kappa shape index (κ2) is 7.71. The van der Waals surface area contributed by atoms with Crippen molar-refractivity contribution in [1.82, 2.24) is 10.6 Å². The number of carbonyl (C=O) groups excluding carboxylic acids is 1. The summed E-state index contributed by atoms with van der Waals surface area (Å²) in [6, 6.07) is 10.4. The molecule has 0 aliphatic heterocycles. The minimum absolute atomic E-state index is 0.0605. The predicted molar refractivity (Wildman–Crippen MR) is 71.1 cm³/mol. The van der Waals surface area contributed by atoms with Crippen molar-refractivity contribution in [2.24, 2.45) is 0 Å². The van der Waals surface area contributed by atoms with Gasteiger partial charge in [0.25, 0.3) is 0 Å². The van der Waals surface area contributed by atoms with Crippen LogP contribution in [0.5, 0.6) is 0 Å². The zero-order valence-corrected chi connectivity index (χ0v) is 10.7. The molecule has 1 aromatic carbocycles. The van der Waals surface area contributed by atoms with E-state index in [1.807, 2.05) is 18.2 Å². The maximum absolute atomic E-state index is 11.5. The van der Waals surface area contributed by atoms with Gasteiger partial charge in [-0.1, -0.05) is 44.2 Å². The van der Waals surface area contributed by atoms with E-state index in [0.29, 0.717) is 6.54 Å².